The van der Waals surface area contributed by atoms with Gasteiger partial charge in [-0.3, -0.25) is 4.79 Å². The summed E-state index contributed by atoms with van der Waals surface area (Å²) in [7, 11) is 0. The van der Waals surface area contributed by atoms with Gasteiger partial charge >= 0.3 is 0 Å². The zero-order valence-electron chi connectivity index (χ0n) is 17.7. The molecule has 4 rings (SSSR count). The molecule has 4 aliphatic rings. The third-order valence-electron chi connectivity index (χ3n) is 10.00. The van der Waals surface area contributed by atoms with Crippen LogP contribution in [0.25, 0.3) is 0 Å². The largest absolute Gasteiger partial charge is 0.392 e. The molecule has 0 bridgehead atoms. The Hall–Kier alpha value is -0.950. The number of carbonyl (C=O) groups excluding carboxylic acids is 1. The summed E-state index contributed by atoms with van der Waals surface area (Å²) in [6.45, 7) is 6.66. The summed E-state index contributed by atoms with van der Waals surface area (Å²) in [6, 6.07) is 2.36. The molecule has 0 amide bonds. The highest BCUT2D eigenvalue weighted by Crippen LogP contribution is 2.69. The molecule has 2 N–H and O–H groups in total. The van der Waals surface area contributed by atoms with Gasteiger partial charge in [0.05, 0.1) is 17.0 Å². The highest BCUT2D eigenvalue weighted by Gasteiger charge is 2.63. The molecule has 28 heavy (non-hydrogen) atoms. The number of nitrogens with zero attached hydrogens (tertiary/aromatic N) is 1. The molecule has 4 aliphatic carbocycles. The number of fused-ring (bicyclic) bond motifs is 5. The topological polar surface area (TPSA) is 66.9 Å². The van der Waals surface area contributed by atoms with Crippen molar-refractivity contribution in [3.63, 3.8) is 0 Å². The molecule has 0 aliphatic heterocycles. The maximum absolute atomic E-state index is 12.8. The van der Waals surface area contributed by atoms with Crippen LogP contribution in [0.2, 0.25) is 0 Å². The standard InChI is InChI=1S/C24H36N2OS/c1-14(27)21-17(18(13-25)22(26)28)12-20-16-8-7-15-6-4-5-10-23(15,2)19(16)9-11-24(20,21)3/h15-21H,4-12H2,1-3H3,(H2,26,28)/t15-,16+,17+,18+,19-,20-,21-,23+,24+/m1/s1. The van der Waals surface area contributed by atoms with Crippen LogP contribution in [0.1, 0.15) is 78.6 Å². The van der Waals surface area contributed by atoms with Crippen molar-refractivity contribution in [2.75, 3.05) is 0 Å². The molecule has 0 heterocycles. The Morgan fingerprint density at radius 1 is 1.11 bits per heavy atom. The first-order valence-corrected chi connectivity index (χ1v) is 11.8. The number of nitrogens with two attached hydrogens (primary N) is 1. The van der Waals surface area contributed by atoms with Crippen LogP contribution in [0.5, 0.6) is 0 Å². The van der Waals surface area contributed by atoms with Gasteiger partial charge in [0, 0.05) is 5.92 Å². The predicted molar refractivity (Wildman–Crippen MR) is 115 cm³/mol. The molecule has 0 saturated heterocycles. The first-order chi connectivity index (χ1) is 13.2. The zero-order chi connectivity index (χ0) is 20.3. The van der Waals surface area contributed by atoms with Crippen LogP contribution < -0.4 is 5.73 Å². The van der Waals surface area contributed by atoms with Crippen molar-refractivity contribution in [1.29, 1.82) is 5.26 Å². The van der Waals surface area contributed by atoms with Gasteiger partial charge in [-0.25, -0.2) is 0 Å². The average molecular weight is 401 g/mol. The SMILES string of the molecule is CC(=O)[C@@H]1[C@H]([C@H](C#N)C(N)=S)C[C@@H]2[C@H]3CC[C@H]4CCCC[C@]4(C)[C@@H]3CC[C@@]21C. The van der Waals surface area contributed by atoms with Crippen LogP contribution in [-0.4, -0.2) is 10.8 Å². The third kappa shape index (κ3) is 2.79. The number of carbonyl (C=O) groups is 1. The monoisotopic (exact) mass is 400 g/mol. The molecule has 0 spiro atoms. The highest BCUT2D eigenvalue weighted by molar-refractivity contribution is 7.80. The second-order valence-electron chi connectivity index (χ2n) is 10.9. The highest BCUT2D eigenvalue weighted by atomic mass is 32.1. The van der Waals surface area contributed by atoms with Crippen LogP contribution in [0.3, 0.4) is 0 Å². The molecule has 0 aromatic carbocycles. The molecule has 0 unspecified atom stereocenters. The quantitative estimate of drug-likeness (QED) is 0.655. The van der Waals surface area contributed by atoms with Crippen LogP contribution in [0.4, 0.5) is 0 Å². The van der Waals surface area contributed by atoms with E-state index >= 15 is 0 Å². The first-order valence-electron chi connectivity index (χ1n) is 11.4. The van der Waals surface area contributed by atoms with E-state index in [-0.39, 0.29) is 28.0 Å². The number of hydrogen-bond acceptors (Lipinski definition) is 3. The maximum Gasteiger partial charge on any atom is 0.133 e. The first kappa shape index (κ1) is 20.3. The molecule has 0 aromatic rings. The molecular weight excluding hydrogens is 364 g/mol. The number of hydrogen-bond donors (Lipinski definition) is 1. The van der Waals surface area contributed by atoms with Gasteiger partial charge in [-0.2, -0.15) is 5.26 Å². The number of thiocarbonyl (C=S) groups is 1. The summed E-state index contributed by atoms with van der Waals surface area (Å²) in [5, 5.41) is 9.77. The van der Waals surface area contributed by atoms with Crippen molar-refractivity contribution in [3.05, 3.63) is 0 Å². The van der Waals surface area contributed by atoms with Gasteiger partial charge in [0.25, 0.3) is 0 Å². The lowest BCUT2D eigenvalue weighted by Crippen LogP contribution is -2.53. The fraction of sp³-hybridized carbons (Fsp3) is 0.875. The predicted octanol–water partition coefficient (Wildman–Crippen LogP) is 5.28. The van der Waals surface area contributed by atoms with Crippen LogP contribution in [0, 0.1) is 63.6 Å². The van der Waals surface area contributed by atoms with Gasteiger partial charge in [0.2, 0.25) is 0 Å². The smallest absolute Gasteiger partial charge is 0.133 e. The van der Waals surface area contributed by atoms with E-state index in [0.29, 0.717) is 17.3 Å². The molecule has 0 aromatic heterocycles. The van der Waals surface area contributed by atoms with E-state index in [1.807, 2.05) is 0 Å². The Morgan fingerprint density at radius 2 is 1.86 bits per heavy atom. The van der Waals surface area contributed by atoms with Gasteiger partial charge in [-0.05, 0) is 92.3 Å². The van der Waals surface area contributed by atoms with E-state index in [0.717, 1.165) is 24.7 Å². The summed E-state index contributed by atoms with van der Waals surface area (Å²) >= 11 is 5.25. The number of ketones is 1. The molecule has 4 fully saturated rings. The van der Waals surface area contributed by atoms with Gasteiger partial charge < -0.3 is 5.73 Å². The lowest BCUT2D eigenvalue weighted by molar-refractivity contribution is -0.134. The normalized spacial score (nSPS) is 48.5. The van der Waals surface area contributed by atoms with Crippen molar-refractivity contribution in [2.24, 2.45) is 58.0 Å². The Balaban J connectivity index is 1.69. The maximum atomic E-state index is 12.8. The summed E-state index contributed by atoms with van der Waals surface area (Å²) < 4.78 is 0. The van der Waals surface area contributed by atoms with Gasteiger partial charge in [-0.15, -0.1) is 0 Å². The molecular formula is C24H36N2OS. The Morgan fingerprint density at radius 3 is 2.50 bits per heavy atom. The van der Waals surface area contributed by atoms with E-state index < -0.39 is 5.92 Å². The summed E-state index contributed by atoms with van der Waals surface area (Å²) in [4.78, 5) is 13.1. The van der Waals surface area contributed by atoms with E-state index in [4.69, 9.17) is 18.0 Å². The molecule has 154 valence electrons. The zero-order valence-corrected chi connectivity index (χ0v) is 18.6. The third-order valence-corrected chi connectivity index (χ3v) is 10.3. The number of rotatable bonds is 3. The Bertz CT molecular complexity index is 714. The Kier molecular flexibility index (Phi) is 5.14. The van der Waals surface area contributed by atoms with Crippen LogP contribution in [0.15, 0.2) is 0 Å². The summed E-state index contributed by atoms with van der Waals surface area (Å²) in [5.74, 6) is 2.64. The number of nitriles is 1. The van der Waals surface area contributed by atoms with Crippen molar-refractivity contribution in [3.8, 4) is 6.07 Å². The second-order valence-corrected chi connectivity index (χ2v) is 11.4. The minimum atomic E-state index is -0.466. The summed E-state index contributed by atoms with van der Waals surface area (Å²) in [5.41, 5.74) is 6.46. The van der Waals surface area contributed by atoms with Crippen molar-refractivity contribution in [1.82, 2.24) is 0 Å². The van der Waals surface area contributed by atoms with Crippen LogP contribution >= 0.6 is 12.2 Å². The lowest BCUT2D eigenvalue weighted by atomic mass is 9.45. The van der Waals surface area contributed by atoms with Crippen molar-refractivity contribution >= 4 is 23.0 Å². The van der Waals surface area contributed by atoms with Gasteiger partial charge in [0.1, 0.15) is 5.78 Å². The molecule has 4 saturated carbocycles. The summed E-state index contributed by atoms with van der Waals surface area (Å²) in [6.07, 6.45) is 11.6. The Labute approximate surface area is 175 Å². The lowest BCUT2D eigenvalue weighted by Gasteiger charge is -2.60. The molecule has 9 atom stereocenters. The molecule has 0 radical (unpaired) electrons. The minimum Gasteiger partial charge on any atom is -0.392 e. The number of Topliss-reactive ketones (excluding diaryl/α,β-unsaturated/α-hetero) is 1. The molecule has 4 heteroatoms. The van der Waals surface area contributed by atoms with Crippen molar-refractivity contribution < 1.29 is 4.79 Å². The second kappa shape index (κ2) is 7.08. The van der Waals surface area contributed by atoms with Crippen molar-refractivity contribution in [2.45, 2.75) is 78.6 Å². The van der Waals surface area contributed by atoms with E-state index in [1.165, 1.54) is 44.9 Å². The van der Waals surface area contributed by atoms with E-state index in [2.05, 4.69) is 19.9 Å². The van der Waals surface area contributed by atoms with E-state index in [1.54, 1.807) is 6.92 Å². The van der Waals surface area contributed by atoms with Gasteiger partial charge in [-0.1, -0.05) is 38.9 Å². The fourth-order valence-electron chi connectivity index (χ4n) is 8.86. The fourth-order valence-corrected chi connectivity index (χ4v) is 9.08. The van der Waals surface area contributed by atoms with Gasteiger partial charge in [0.15, 0.2) is 0 Å². The average Bonchev–Trinajstić information content (AvgIpc) is 2.94. The van der Waals surface area contributed by atoms with E-state index in [9.17, 15) is 10.1 Å². The molecule has 3 nitrogen and oxygen atoms in total. The van der Waals surface area contributed by atoms with Crippen LogP contribution in [-0.2, 0) is 4.79 Å². The minimum absolute atomic E-state index is 0.00522.